The zero-order valence-electron chi connectivity index (χ0n) is 16.0. The van der Waals surface area contributed by atoms with Crippen molar-refractivity contribution < 1.29 is 19.0 Å². The predicted octanol–water partition coefficient (Wildman–Crippen LogP) is 2.63. The summed E-state index contributed by atoms with van der Waals surface area (Å²) < 4.78 is 17.0. The number of hydrogen-bond acceptors (Lipinski definition) is 8. The van der Waals surface area contributed by atoms with E-state index in [1.165, 1.54) is 33.5 Å². The van der Waals surface area contributed by atoms with Gasteiger partial charge in [0.1, 0.15) is 0 Å². The van der Waals surface area contributed by atoms with Crippen LogP contribution in [0.3, 0.4) is 0 Å². The van der Waals surface area contributed by atoms with Crippen molar-refractivity contribution >= 4 is 23.5 Å². The van der Waals surface area contributed by atoms with Crippen LogP contribution in [0.25, 0.3) is 0 Å². The number of nitrogens with two attached hydrogens (primary N) is 1. The lowest BCUT2D eigenvalue weighted by atomic mass is 10.1. The first-order chi connectivity index (χ1) is 13.5. The highest BCUT2D eigenvalue weighted by atomic mass is 16.5. The largest absolute Gasteiger partial charge is 0.493 e. The van der Waals surface area contributed by atoms with Gasteiger partial charge in [-0.2, -0.15) is 9.67 Å². The Balaban J connectivity index is 2.00. The number of nitrogens with zero attached hydrogens (tertiary/aromatic N) is 3. The van der Waals surface area contributed by atoms with Crippen LogP contribution < -0.4 is 25.3 Å². The van der Waals surface area contributed by atoms with E-state index in [9.17, 15) is 4.79 Å². The molecule has 0 aliphatic heterocycles. The first kappa shape index (κ1) is 19.0. The van der Waals surface area contributed by atoms with E-state index < -0.39 is 5.91 Å². The Labute approximate surface area is 162 Å². The summed E-state index contributed by atoms with van der Waals surface area (Å²) in [5, 5.41) is 7.06. The summed E-state index contributed by atoms with van der Waals surface area (Å²) in [5.41, 5.74) is 7.85. The molecule has 28 heavy (non-hydrogen) atoms. The average Bonchev–Trinajstić information content (AvgIpc) is 3.07. The molecule has 9 heteroatoms. The van der Waals surface area contributed by atoms with Gasteiger partial charge in [0.15, 0.2) is 11.5 Å². The molecule has 0 saturated heterocycles. The molecule has 0 bridgehead atoms. The molecule has 0 aliphatic carbocycles. The highest BCUT2D eigenvalue weighted by Crippen LogP contribution is 2.38. The quantitative estimate of drug-likeness (QED) is 0.668. The van der Waals surface area contributed by atoms with Gasteiger partial charge >= 0.3 is 0 Å². The van der Waals surface area contributed by atoms with Gasteiger partial charge in [0.25, 0.3) is 5.91 Å². The van der Waals surface area contributed by atoms with Gasteiger partial charge in [-0.1, -0.05) is 17.7 Å². The van der Waals surface area contributed by atoms with Crippen molar-refractivity contribution in [2.24, 2.45) is 0 Å². The van der Waals surface area contributed by atoms with Crippen LogP contribution in [0.15, 0.2) is 36.4 Å². The van der Waals surface area contributed by atoms with Crippen LogP contribution in [0.5, 0.6) is 17.2 Å². The fraction of sp³-hybridized carbons (Fsp3) is 0.211. The lowest BCUT2D eigenvalue weighted by Gasteiger charge is -2.14. The van der Waals surface area contributed by atoms with Crippen molar-refractivity contribution in [2.45, 2.75) is 6.92 Å². The van der Waals surface area contributed by atoms with Gasteiger partial charge in [0.05, 0.1) is 21.3 Å². The van der Waals surface area contributed by atoms with Gasteiger partial charge in [-0.3, -0.25) is 4.79 Å². The normalized spacial score (nSPS) is 10.4. The first-order valence-corrected chi connectivity index (χ1v) is 8.37. The molecule has 0 spiro atoms. The Kier molecular flexibility index (Phi) is 5.35. The summed E-state index contributed by atoms with van der Waals surface area (Å²) in [5.74, 6) is 0.795. The number of rotatable bonds is 6. The highest BCUT2D eigenvalue weighted by molar-refractivity contribution is 5.98. The van der Waals surface area contributed by atoms with Crippen molar-refractivity contribution in [1.29, 1.82) is 0 Å². The van der Waals surface area contributed by atoms with Crippen molar-refractivity contribution in [2.75, 3.05) is 32.4 Å². The number of hydrogen-bond donors (Lipinski definition) is 2. The molecule has 0 atom stereocenters. The van der Waals surface area contributed by atoms with Crippen LogP contribution in [0.2, 0.25) is 0 Å². The van der Waals surface area contributed by atoms with Gasteiger partial charge in [0, 0.05) is 11.3 Å². The van der Waals surface area contributed by atoms with Crippen LogP contribution >= 0.6 is 0 Å². The minimum absolute atomic E-state index is 0.0320. The molecule has 0 unspecified atom stereocenters. The Morgan fingerprint density at radius 2 is 1.64 bits per heavy atom. The molecule has 146 valence electrons. The fourth-order valence-electron chi connectivity index (χ4n) is 2.64. The van der Waals surface area contributed by atoms with E-state index in [-0.39, 0.29) is 17.5 Å². The van der Waals surface area contributed by atoms with Crippen LogP contribution in [-0.2, 0) is 0 Å². The Morgan fingerprint density at radius 1 is 1.04 bits per heavy atom. The van der Waals surface area contributed by atoms with E-state index >= 15 is 0 Å². The van der Waals surface area contributed by atoms with E-state index in [1.807, 2.05) is 31.2 Å². The second kappa shape index (κ2) is 7.87. The third kappa shape index (κ3) is 3.68. The molecule has 0 saturated carbocycles. The standard InChI is InChI=1S/C19H21N5O4/c1-11-5-7-13(8-6-11)21-19-22-18(20)23-24(19)17(25)12-9-14(26-2)16(28-4)15(10-12)27-3/h5-10H,1-4H3,(H3,20,21,22,23). The smallest absolute Gasteiger partial charge is 0.281 e. The summed E-state index contributed by atoms with van der Waals surface area (Å²) >= 11 is 0. The van der Waals surface area contributed by atoms with Gasteiger partial charge < -0.3 is 25.3 Å². The topological polar surface area (TPSA) is 114 Å². The molecule has 1 heterocycles. The molecule has 0 aliphatic rings. The summed E-state index contributed by atoms with van der Waals surface area (Å²) in [6, 6.07) is 10.7. The molecular weight excluding hydrogens is 362 g/mol. The SMILES string of the molecule is COc1cc(C(=O)n2nc(N)nc2Nc2ccc(C)cc2)cc(OC)c1OC. The number of nitrogen functional groups attached to an aromatic ring is 1. The van der Waals surface area contributed by atoms with E-state index in [4.69, 9.17) is 19.9 Å². The Hall–Kier alpha value is -3.75. The van der Waals surface area contributed by atoms with E-state index in [1.54, 1.807) is 0 Å². The van der Waals surface area contributed by atoms with Crippen LogP contribution in [-0.4, -0.2) is 42.0 Å². The molecule has 1 aromatic heterocycles. The molecule has 3 N–H and O–H groups in total. The van der Waals surface area contributed by atoms with E-state index in [2.05, 4.69) is 15.4 Å². The predicted molar refractivity (Wildman–Crippen MR) is 105 cm³/mol. The summed E-state index contributed by atoms with van der Waals surface area (Å²) in [6.07, 6.45) is 0. The lowest BCUT2D eigenvalue weighted by Crippen LogP contribution is -2.17. The van der Waals surface area contributed by atoms with Gasteiger partial charge in [-0.15, -0.1) is 5.10 Å². The maximum atomic E-state index is 13.1. The Bertz CT molecular complexity index is 973. The maximum absolute atomic E-state index is 13.1. The average molecular weight is 383 g/mol. The van der Waals surface area contributed by atoms with Crippen LogP contribution in [0.4, 0.5) is 17.6 Å². The van der Waals surface area contributed by atoms with Gasteiger partial charge in [-0.05, 0) is 31.2 Å². The number of carbonyl (C=O) groups is 1. The summed E-state index contributed by atoms with van der Waals surface area (Å²) in [7, 11) is 4.44. The molecule has 3 aromatic rings. The second-order valence-corrected chi connectivity index (χ2v) is 5.92. The van der Waals surface area contributed by atoms with Crippen molar-refractivity contribution in [3.63, 3.8) is 0 Å². The summed E-state index contributed by atoms with van der Waals surface area (Å²) in [4.78, 5) is 17.2. The fourth-order valence-corrected chi connectivity index (χ4v) is 2.64. The minimum Gasteiger partial charge on any atom is -0.493 e. The third-order valence-electron chi connectivity index (χ3n) is 4.04. The third-order valence-corrected chi connectivity index (χ3v) is 4.04. The van der Waals surface area contributed by atoms with Crippen molar-refractivity contribution in [3.05, 3.63) is 47.5 Å². The zero-order chi connectivity index (χ0) is 20.3. The Morgan fingerprint density at radius 3 is 2.18 bits per heavy atom. The van der Waals surface area contributed by atoms with E-state index in [0.717, 1.165) is 15.9 Å². The highest BCUT2D eigenvalue weighted by Gasteiger charge is 2.22. The molecule has 9 nitrogen and oxygen atoms in total. The molecule has 0 radical (unpaired) electrons. The number of aryl methyl sites for hydroxylation is 1. The van der Waals surface area contributed by atoms with Crippen LogP contribution in [0.1, 0.15) is 15.9 Å². The molecule has 0 fully saturated rings. The summed E-state index contributed by atoms with van der Waals surface area (Å²) in [6.45, 7) is 1.98. The maximum Gasteiger partial charge on any atom is 0.281 e. The number of ether oxygens (including phenoxy) is 3. The first-order valence-electron chi connectivity index (χ1n) is 8.37. The van der Waals surface area contributed by atoms with Gasteiger partial charge in [0.2, 0.25) is 17.6 Å². The number of carbonyl (C=O) groups excluding carboxylic acids is 1. The zero-order valence-corrected chi connectivity index (χ0v) is 16.0. The van der Waals surface area contributed by atoms with Gasteiger partial charge in [-0.25, -0.2) is 0 Å². The molecule has 0 amide bonds. The number of methoxy groups -OCH3 is 3. The minimum atomic E-state index is -0.460. The number of nitrogens with one attached hydrogen (secondary N) is 1. The molecular formula is C19H21N5O4. The number of aromatic nitrogens is 3. The lowest BCUT2D eigenvalue weighted by molar-refractivity contribution is 0.0947. The van der Waals surface area contributed by atoms with E-state index in [0.29, 0.717) is 17.2 Å². The number of anilines is 3. The van der Waals surface area contributed by atoms with Crippen molar-refractivity contribution in [1.82, 2.24) is 14.8 Å². The molecule has 3 rings (SSSR count). The monoisotopic (exact) mass is 383 g/mol. The molecule has 2 aromatic carbocycles. The number of benzene rings is 2. The second-order valence-electron chi connectivity index (χ2n) is 5.92. The van der Waals surface area contributed by atoms with Crippen molar-refractivity contribution in [3.8, 4) is 17.2 Å². The van der Waals surface area contributed by atoms with Crippen LogP contribution in [0, 0.1) is 6.92 Å².